The Morgan fingerprint density at radius 2 is 2.21 bits per heavy atom. The number of carbonyl (C=O) groups is 1. The number of imidazole rings is 1. The zero-order valence-corrected chi connectivity index (χ0v) is 10.2. The summed E-state index contributed by atoms with van der Waals surface area (Å²) in [6, 6.07) is 1.84. The Balaban J connectivity index is 1.83. The topological polar surface area (TPSA) is 84.1 Å². The van der Waals surface area contributed by atoms with Gasteiger partial charge in [-0.3, -0.25) is 9.36 Å². The van der Waals surface area contributed by atoms with Crippen molar-refractivity contribution in [3.05, 3.63) is 31.1 Å². The Labute approximate surface area is 109 Å². The van der Waals surface area contributed by atoms with Crippen LogP contribution in [-0.2, 0) is 4.79 Å². The summed E-state index contributed by atoms with van der Waals surface area (Å²) < 4.78 is 1.79. The van der Waals surface area contributed by atoms with E-state index in [0.29, 0.717) is 19.5 Å². The van der Waals surface area contributed by atoms with E-state index in [1.807, 2.05) is 11.0 Å². The second-order valence-electron chi connectivity index (χ2n) is 4.47. The van der Waals surface area contributed by atoms with Crippen LogP contribution in [0.2, 0.25) is 0 Å². The average Bonchev–Trinajstić information content (AvgIpc) is 3.10. The molecule has 2 aromatic rings. The van der Waals surface area contributed by atoms with Gasteiger partial charge in [0.05, 0.1) is 5.92 Å². The first-order valence-corrected chi connectivity index (χ1v) is 6.02. The van der Waals surface area contributed by atoms with Gasteiger partial charge in [-0.15, -0.1) is 0 Å². The second kappa shape index (κ2) is 4.68. The minimum absolute atomic E-state index is 0.313. The molecular formula is C12H13N5O2. The van der Waals surface area contributed by atoms with Crippen molar-refractivity contribution in [2.75, 3.05) is 18.0 Å². The quantitative estimate of drug-likeness (QED) is 0.867. The van der Waals surface area contributed by atoms with Gasteiger partial charge in [-0.25, -0.2) is 15.0 Å². The van der Waals surface area contributed by atoms with Crippen LogP contribution in [0.3, 0.4) is 0 Å². The van der Waals surface area contributed by atoms with Crippen LogP contribution in [0.15, 0.2) is 31.1 Å². The molecule has 7 heteroatoms. The summed E-state index contributed by atoms with van der Waals surface area (Å²) in [5, 5.41) is 9.01. The molecule has 0 amide bonds. The third kappa shape index (κ3) is 2.26. The lowest BCUT2D eigenvalue weighted by Gasteiger charge is -2.17. The highest BCUT2D eigenvalue weighted by molar-refractivity contribution is 5.71. The SMILES string of the molecule is O=C(O)[C@@H]1CCN(c2cc(-n3ccnc3)ncn2)C1. The van der Waals surface area contributed by atoms with Crippen molar-refractivity contribution in [3.8, 4) is 5.82 Å². The van der Waals surface area contributed by atoms with Crippen LogP contribution in [0.5, 0.6) is 0 Å². The van der Waals surface area contributed by atoms with Gasteiger partial charge in [0.15, 0.2) is 0 Å². The highest BCUT2D eigenvalue weighted by Crippen LogP contribution is 2.22. The Hall–Kier alpha value is -2.44. The van der Waals surface area contributed by atoms with Crippen LogP contribution in [0, 0.1) is 5.92 Å². The number of aromatic nitrogens is 4. The predicted molar refractivity (Wildman–Crippen MR) is 67.1 cm³/mol. The highest BCUT2D eigenvalue weighted by Gasteiger charge is 2.28. The summed E-state index contributed by atoms with van der Waals surface area (Å²) in [5.74, 6) is 0.418. The first-order chi connectivity index (χ1) is 9.24. The van der Waals surface area contributed by atoms with Crippen LogP contribution in [0.4, 0.5) is 5.82 Å². The van der Waals surface area contributed by atoms with Gasteiger partial charge < -0.3 is 10.0 Å². The van der Waals surface area contributed by atoms with Crippen LogP contribution < -0.4 is 4.90 Å². The zero-order valence-electron chi connectivity index (χ0n) is 10.2. The molecule has 0 spiro atoms. The molecule has 0 saturated carbocycles. The van der Waals surface area contributed by atoms with Gasteiger partial charge in [0, 0.05) is 31.5 Å². The molecule has 1 fully saturated rings. The maximum Gasteiger partial charge on any atom is 0.308 e. The normalized spacial score (nSPS) is 18.7. The van der Waals surface area contributed by atoms with E-state index in [2.05, 4.69) is 15.0 Å². The molecule has 1 aliphatic rings. The van der Waals surface area contributed by atoms with E-state index in [0.717, 1.165) is 11.6 Å². The lowest BCUT2D eigenvalue weighted by Crippen LogP contribution is -2.23. The van der Waals surface area contributed by atoms with Gasteiger partial charge in [0.25, 0.3) is 0 Å². The molecule has 0 bridgehead atoms. The molecule has 0 aliphatic carbocycles. The number of carboxylic acids is 1. The molecule has 1 atom stereocenters. The van der Waals surface area contributed by atoms with Gasteiger partial charge in [0.2, 0.25) is 0 Å². The molecule has 19 heavy (non-hydrogen) atoms. The molecule has 0 unspecified atom stereocenters. The first-order valence-electron chi connectivity index (χ1n) is 6.02. The predicted octanol–water partition coefficient (Wildman–Crippen LogP) is 0.573. The van der Waals surface area contributed by atoms with E-state index in [4.69, 9.17) is 5.11 Å². The summed E-state index contributed by atoms with van der Waals surface area (Å²) in [7, 11) is 0. The lowest BCUT2D eigenvalue weighted by molar-refractivity contribution is -0.140. The molecule has 2 aromatic heterocycles. The number of rotatable bonds is 3. The summed E-state index contributed by atoms with van der Waals surface area (Å²) in [4.78, 5) is 25.3. The summed E-state index contributed by atoms with van der Waals surface area (Å²) in [5.41, 5.74) is 0. The number of hydrogen-bond acceptors (Lipinski definition) is 5. The third-order valence-corrected chi connectivity index (χ3v) is 3.27. The molecule has 0 aromatic carbocycles. The van der Waals surface area contributed by atoms with Crippen LogP contribution in [0.1, 0.15) is 6.42 Å². The fraction of sp³-hybridized carbons (Fsp3) is 0.333. The van der Waals surface area contributed by atoms with E-state index in [-0.39, 0.29) is 5.92 Å². The Kier molecular flexibility index (Phi) is 2.86. The van der Waals surface area contributed by atoms with E-state index < -0.39 is 5.97 Å². The fourth-order valence-corrected chi connectivity index (χ4v) is 2.22. The van der Waals surface area contributed by atoms with Gasteiger partial charge in [-0.2, -0.15) is 0 Å². The van der Waals surface area contributed by atoms with Gasteiger partial charge in [-0.1, -0.05) is 0 Å². The summed E-state index contributed by atoms with van der Waals surface area (Å²) in [6.07, 6.45) is 7.28. The Morgan fingerprint density at radius 3 is 2.89 bits per heavy atom. The van der Waals surface area contributed by atoms with E-state index in [9.17, 15) is 4.79 Å². The molecule has 3 rings (SSSR count). The molecule has 0 radical (unpaired) electrons. The first kappa shape index (κ1) is 11.6. The standard InChI is InChI=1S/C12H13N5O2/c18-12(19)9-1-3-16(6-9)10-5-11(15-7-14-10)17-4-2-13-8-17/h2,4-5,7-9H,1,3,6H2,(H,18,19)/t9-/m1/s1. The zero-order chi connectivity index (χ0) is 13.2. The second-order valence-corrected chi connectivity index (χ2v) is 4.47. The molecule has 1 N–H and O–H groups in total. The van der Waals surface area contributed by atoms with E-state index in [1.54, 1.807) is 23.3 Å². The minimum Gasteiger partial charge on any atom is -0.481 e. The smallest absolute Gasteiger partial charge is 0.308 e. The monoisotopic (exact) mass is 259 g/mol. The summed E-state index contributed by atoms with van der Waals surface area (Å²) in [6.45, 7) is 1.20. The molecule has 7 nitrogen and oxygen atoms in total. The highest BCUT2D eigenvalue weighted by atomic mass is 16.4. The third-order valence-electron chi connectivity index (χ3n) is 3.27. The van der Waals surface area contributed by atoms with Crippen molar-refractivity contribution < 1.29 is 9.90 Å². The van der Waals surface area contributed by atoms with Crippen molar-refractivity contribution in [3.63, 3.8) is 0 Å². The average molecular weight is 259 g/mol. The number of nitrogens with zero attached hydrogens (tertiary/aromatic N) is 5. The minimum atomic E-state index is -0.744. The van der Waals surface area contributed by atoms with E-state index >= 15 is 0 Å². The number of aliphatic carboxylic acids is 1. The molecule has 1 aliphatic heterocycles. The Morgan fingerprint density at radius 1 is 1.37 bits per heavy atom. The largest absolute Gasteiger partial charge is 0.481 e. The maximum absolute atomic E-state index is 11.0. The van der Waals surface area contributed by atoms with E-state index in [1.165, 1.54) is 6.33 Å². The van der Waals surface area contributed by atoms with Crippen molar-refractivity contribution in [2.24, 2.45) is 5.92 Å². The van der Waals surface area contributed by atoms with Crippen molar-refractivity contribution >= 4 is 11.8 Å². The van der Waals surface area contributed by atoms with Crippen molar-refractivity contribution in [1.29, 1.82) is 0 Å². The van der Waals surface area contributed by atoms with Gasteiger partial charge >= 0.3 is 5.97 Å². The number of hydrogen-bond donors (Lipinski definition) is 1. The molecular weight excluding hydrogens is 246 g/mol. The molecule has 98 valence electrons. The van der Waals surface area contributed by atoms with Crippen LogP contribution >= 0.6 is 0 Å². The van der Waals surface area contributed by atoms with Crippen molar-refractivity contribution in [1.82, 2.24) is 19.5 Å². The number of anilines is 1. The molecule has 3 heterocycles. The summed E-state index contributed by atoms with van der Waals surface area (Å²) >= 11 is 0. The fourth-order valence-electron chi connectivity index (χ4n) is 2.22. The van der Waals surface area contributed by atoms with Crippen LogP contribution in [-0.4, -0.2) is 43.7 Å². The maximum atomic E-state index is 11.0. The molecule has 1 saturated heterocycles. The number of carboxylic acid groups (broad SMARTS) is 1. The lowest BCUT2D eigenvalue weighted by atomic mass is 10.1. The van der Waals surface area contributed by atoms with Gasteiger partial charge in [-0.05, 0) is 6.42 Å². The van der Waals surface area contributed by atoms with Crippen molar-refractivity contribution in [2.45, 2.75) is 6.42 Å². The van der Waals surface area contributed by atoms with Gasteiger partial charge in [0.1, 0.15) is 24.3 Å². The van der Waals surface area contributed by atoms with Crippen LogP contribution in [0.25, 0.3) is 5.82 Å². The Bertz CT molecular complexity index is 584.